The Morgan fingerprint density at radius 2 is 1.86 bits per heavy atom. The van der Waals surface area contributed by atoms with Crippen molar-refractivity contribution >= 4 is 23.0 Å². The first-order valence-electron chi connectivity index (χ1n) is 11.2. The molecule has 0 radical (unpaired) electrons. The summed E-state index contributed by atoms with van der Waals surface area (Å²) in [7, 11) is 0. The molecular weight excluding hydrogens is 374 g/mol. The van der Waals surface area contributed by atoms with E-state index >= 15 is 0 Å². The number of rotatable bonds is 7. The first-order chi connectivity index (χ1) is 14.3. The summed E-state index contributed by atoms with van der Waals surface area (Å²) in [5, 5.41) is 8.28. The van der Waals surface area contributed by atoms with Crippen molar-refractivity contribution in [2.45, 2.75) is 64.1 Å². The number of nitrogens with zero attached hydrogens (tertiary/aromatic N) is 1. The van der Waals surface area contributed by atoms with Crippen LogP contribution in [0, 0.1) is 5.92 Å². The van der Waals surface area contributed by atoms with E-state index in [-0.39, 0.29) is 0 Å². The van der Waals surface area contributed by atoms with E-state index < -0.39 is 0 Å². The Kier molecular flexibility index (Phi) is 6.70. The molecule has 2 aliphatic heterocycles. The van der Waals surface area contributed by atoms with Crippen LogP contribution in [0.4, 0.5) is 5.69 Å². The van der Waals surface area contributed by atoms with E-state index in [2.05, 4.69) is 77.1 Å². The van der Waals surface area contributed by atoms with Gasteiger partial charge in [0.15, 0.2) is 5.11 Å². The lowest BCUT2D eigenvalue weighted by Crippen LogP contribution is -2.44. The zero-order valence-corrected chi connectivity index (χ0v) is 18.3. The Morgan fingerprint density at radius 3 is 2.69 bits per heavy atom. The molecule has 0 bridgehead atoms. The molecule has 1 saturated heterocycles. The fourth-order valence-electron chi connectivity index (χ4n) is 5.01. The summed E-state index contributed by atoms with van der Waals surface area (Å²) in [4.78, 5) is 2.45. The minimum Gasteiger partial charge on any atom is -0.382 e. The zero-order chi connectivity index (χ0) is 20.1. The molecule has 2 heterocycles. The van der Waals surface area contributed by atoms with E-state index in [0.29, 0.717) is 18.0 Å². The van der Waals surface area contributed by atoms with Gasteiger partial charge in [-0.3, -0.25) is 0 Å². The summed E-state index contributed by atoms with van der Waals surface area (Å²) in [6, 6.07) is 20.3. The van der Waals surface area contributed by atoms with Crippen LogP contribution in [-0.4, -0.2) is 22.6 Å². The van der Waals surface area contributed by atoms with Gasteiger partial charge in [-0.15, -0.1) is 0 Å². The smallest absolute Gasteiger partial charge is 0.169 e. The van der Waals surface area contributed by atoms with Crippen LogP contribution in [0.5, 0.6) is 0 Å². The molecule has 3 nitrogen and oxygen atoms in total. The van der Waals surface area contributed by atoms with Gasteiger partial charge in [-0.05, 0) is 42.3 Å². The molecule has 0 amide bonds. The first-order valence-corrected chi connectivity index (χ1v) is 11.6. The number of hydrogen-bond donors (Lipinski definition) is 2. The van der Waals surface area contributed by atoms with Gasteiger partial charge in [0.1, 0.15) is 0 Å². The monoisotopic (exact) mass is 407 g/mol. The summed E-state index contributed by atoms with van der Waals surface area (Å²) in [6.07, 6.45) is 7.76. The summed E-state index contributed by atoms with van der Waals surface area (Å²) in [6.45, 7) is 4.11. The van der Waals surface area contributed by atoms with Crippen LogP contribution in [0.2, 0.25) is 0 Å². The number of benzene rings is 2. The molecule has 0 saturated carbocycles. The molecule has 0 spiro atoms. The Morgan fingerprint density at radius 1 is 1.07 bits per heavy atom. The molecule has 4 rings (SSSR count). The van der Waals surface area contributed by atoms with E-state index in [9.17, 15) is 0 Å². The summed E-state index contributed by atoms with van der Waals surface area (Å²) >= 11 is 5.87. The highest BCUT2D eigenvalue weighted by molar-refractivity contribution is 7.80. The lowest BCUT2D eigenvalue weighted by Gasteiger charge is -2.40. The van der Waals surface area contributed by atoms with Crippen LogP contribution in [0.25, 0.3) is 0 Å². The van der Waals surface area contributed by atoms with Gasteiger partial charge in [0.25, 0.3) is 0 Å². The fraction of sp³-hybridized carbons (Fsp3) is 0.480. The highest BCUT2D eigenvalue weighted by Crippen LogP contribution is 2.47. The third kappa shape index (κ3) is 4.58. The Balaban J connectivity index is 1.47. The van der Waals surface area contributed by atoms with Crippen molar-refractivity contribution in [1.29, 1.82) is 0 Å². The van der Waals surface area contributed by atoms with Gasteiger partial charge < -0.3 is 15.5 Å². The van der Waals surface area contributed by atoms with Gasteiger partial charge in [0.2, 0.25) is 0 Å². The van der Waals surface area contributed by atoms with Crippen LogP contribution in [0.1, 0.15) is 62.6 Å². The summed E-state index contributed by atoms with van der Waals surface area (Å²) < 4.78 is 0. The molecule has 154 valence electrons. The van der Waals surface area contributed by atoms with E-state index in [1.165, 1.54) is 55.3 Å². The van der Waals surface area contributed by atoms with Gasteiger partial charge in [0, 0.05) is 30.7 Å². The largest absolute Gasteiger partial charge is 0.382 e. The Hall–Kier alpha value is -2.07. The third-order valence-corrected chi connectivity index (χ3v) is 6.88. The second-order valence-corrected chi connectivity index (χ2v) is 8.81. The Bertz CT molecular complexity index is 807. The zero-order valence-electron chi connectivity index (χ0n) is 17.4. The maximum absolute atomic E-state index is 5.87. The number of unbranched alkanes of at least 4 members (excludes halogenated alkanes) is 3. The van der Waals surface area contributed by atoms with Crippen LogP contribution >= 0.6 is 12.2 Å². The minimum absolute atomic E-state index is 0.388. The standard InChI is InChI=1S/C25H33N3S/c1-2-3-4-8-14-23-21-16-17-28(24(21)20-13-9-10-15-22(20)27-23)25(29)26-18-19-11-6-5-7-12-19/h5-7,9-13,15,21,23-24,27H,2-4,8,14,16-18H2,1H3,(H,26,29)/t21-,23+,24+/m0/s1. The van der Waals surface area contributed by atoms with E-state index in [1.54, 1.807) is 0 Å². The van der Waals surface area contributed by atoms with Crippen molar-refractivity contribution in [2.75, 3.05) is 11.9 Å². The van der Waals surface area contributed by atoms with Crippen molar-refractivity contribution in [3.63, 3.8) is 0 Å². The van der Waals surface area contributed by atoms with Crippen molar-refractivity contribution in [3.8, 4) is 0 Å². The van der Waals surface area contributed by atoms with E-state index in [0.717, 1.165) is 18.2 Å². The highest BCUT2D eigenvalue weighted by atomic mass is 32.1. The molecule has 29 heavy (non-hydrogen) atoms. The van der Waals surface area contributed by atoms with Crippen LogP contribution in [0.15, 0.2) is 54.6 Å². The molecule has 1 fully saturated rings. The predicted molar refractivity (Wildman–Crippen MR) is 126 cm³/mol. The van der Waals surface area contributed by atoms with Gasteiger partial charge >= 0.3 is 0 Å². The van der Waals surface area contributed by atoms with Crippen molar-refractivity contribution < 1.29 is 0 Å². The number of para-hydroxylation sites is 1. The van der Waals surface area contributed by atoms with Gasteiger partial charge in [-0.25, -0.2) is 0 Å². The lowest BCUT2D eigenvalue weighted by molar-refractivity contribution is 0.289. The number of fused-ring (bicyclic) bond motifs is 3. The fourth-order valence-corrected chi connectivity index (χ4v) is 5.29. The molecule has 4 heteroatoms. The molecular formula is C25H33N3S. The molecule has 0 unspecified atom stereocenters. The SMILES string of the molecule is CCCCCC[C@H]1Nc2ccccc2[C@@H]2[C@H]1CCN2C(=S)NCc1ccccc1. The Labute approximate surface area is 180 Å². The average Bonchev–Trinajstić information content (AvgIpc) is 3.21. The van der Waals surface area contributed by atoms with Crippen molar-refractivity contribution in [2.24, 2.45) is 5.92 Å². The quantitative estimate of drug-likeness (QED) is 0.442. The topological polar surface area (TPSA) is 27.3 Å². The van der Waals surface area contributed by atoms with Gasteiger partial charge in [-0.1, -0.05) is 81.1 Å². The molecule has 2 N–H and O–H groups in total. The lowest BCUT2D eigenvalue weighted by atomic mass is 9.81. The predicted octanol–water partition coefficient (Wildman–Crippen LogP) is 5.89. The third-order valence-electron chi connectivity index (χ3n) is 6.50. The summed E-state index contributed by atoms with van der Waals surface area (Å²) in [5.41, 5.74) is 3.97. The summed E-state index contributed by atoms with van der Waals surface area (Å²) in [5.74, 6) is 0.628. The molecule has 3 atom stereocenters. The first kappa shape index (κ1) is 20.2. The second kappa shape index (κ2) is 9.62. The number of hydrogen-bond acceptors (Lipinski definition) is 2. The molecule has 2 aromatic rings. The number of likely N-dealkylation sites (tertiary alicyclic amines) is 1. The number of anilines is 1. The van der Waals surface area contributed by atoms with Gasteiger partial charge in [-0.2, -0.15) is 0 Å². The van der Waals surface area contributed by atoms with Crippen LogP contribution in [0.3, 0.4) is 0 Å². The normalized spacial score (nSPS) is 22.5. The minimum atomic E-state index is 0.388. The van der Waals surface area contributed by atoms with Crippen LogP contribution in [-0.2, 0) is 6.54 Å². The maximum Gasteiger partial charge on any atom is 0.169 e. The number of thiocarbonyl (C=S) groups is 1. The molecule has 2 aliphatic rings. The van der Waals surface area contributed by atoms with E-state index in [4.69, 9.17) is 12.2 Å². The maximum atomic E-state index is 5.87. The number of nitrogens with one attached hydrogen (secondary N) is 2. The highest BCUT2D eigenvalue weighted by Gasteiger charge is 2.44. The van der Waals surface area contributed by atoms with E-state index in [1.807, 2.05) is 0 Å². The second-order valence-electron chi connectivity index (χ2n) is 8.42. The van der Waals surface area contributed by atoms with Crippen LogP contribution < -0.4 is 10.6 Å². The molecule has 0 aliphatic carbocycles. The van der Waals surface area contributed by atoms with Crippen molar-refractivity contribution in [1.82, 2.24) is 10.2 Å². The average molecular weight is 408 g/mol. The van der Waals surface area contributed by atoms with Gasteiger partial charge in [0.05, 0.1) is 6.04 Å². The molecule has 0 aromatic heterocycles. The van der Waals surface area contributed by atoms with Crippen molar-refractivity contribution in [3.05, 3.63) is 65.7 Å². The molecule has 2 aromatic carbocycles.